The summed E-state index contributed by atoms with van der Waals surface area (Å²) in [5.41, 5.74) is 0.684. The molecule has 0 saturated heterocycles. The zero-order valence-corrected chi connectivity index (χ0v) is 13.9. The van der Waals surface area contributed by atoms with Crippen molar-refractivity contribution in [3.8, 4) is 5.75 Å². The third-order valence-corrected chi connectivity index (χ3v) is 4.04. The van der Waals surface area contributed by atoms with Gasteiger partial charge < -0.3 is 13.7 Å². The fourth-order valence-electron chi connectivity index (χ4n) is 1.72. The molecule has 0 aliphatic carbocycles. The number of hydrogen-bond acceptors (Lipinski definition) is 7. The molecule has 1 aromatic carbocycles. The normalized spacial score (nSPS) is 10.9. The number of carbonyl (C=O) groups is 2. The van der Waals surface area contributed by atoms with Crippen LogP contribution < -0.4 is 4.18 Å². The highest BCUT2D eigenvalue weighted by Crippen LogP contribution is 2.16. The number of hydrogen-bond donors (Lipinski definition) is 0. The van der Waals surface area contributed by atoms with Gasteiger partial charge in [-0.3, -0.25) is 9.59 Å². The molecule has 0 spiro atoms. The Morgan fingerprint density at radius 3 is 2.30 bits per heavy atom. The largest absolute Gasteiger partial charge is 0.469 e. The summed E-state index contributed by atoms with van der Waals surface area (Å²) in [6.45, 7) is 1.95. The van der Waals surface area contributed by atoms with Gasteiger partial charge in [0.05, 0.1) is 25.9 Å². The van der Waals surface area contributed by atoms with Crippen LogP contribution in [0.15, 0.2) is 24.3 Å². The van der Waals surface area contributed by atoms with Gasteiger partial charge in [0.1, 0.15) is 5.75 Å². The highest BCUT2D eigenvalue weighted by Gasteiger charge is 2.14. The molecule has 0 aliphatic rings. The van der Waals surface area contributed by atoms with Crippen LogP contribution in [0.4, 0.5) is 0 Å². The Bertz CT molecular complexity index is 620. The van der Waals surface area contributed by atoms with Crippen LogP contribution in [0.1, 0.15) is 25.3 Å². The zero-order valence-electron chi connectivity index (χ0n) is 13.1. The van der Waals surface area contributed by atoms with E-state index in [-0.39, 0.29) is 43.3 Å². The van der Waals surface area contributed by atoms with Gasteiger partial charge in [-0.15, -0.1) is 0 Å². The maximum absolute atomic E-state index is 11.8. The lowest BCUT2D eigenvalue weighted by Gasteiger charge is -2.07. The molecule has 0 atom stereocenters. The molecule has 0 fully saturated rings. The van der Waals surface area contributed by atoms with E-state index in [1.165, 1.54) is 19.2 Å². The predicted molar refractivity (Wildman–Crippen MR) is 82.4 cm³/mol. The van der Waals surface area contributed by atoms with Gasteiger partial charge >= 0.3 is 22.1 Å². The summed E-state index contributed by atoms with van der Waals surface area (Å²) in [5, 5.41) is 0. The van der Waals surface area contributed by atoms with Crippen LogP contribution in [-0.2, 0) is 35.6 Å². The third kappa shape index (κ3) is 7.64. The van der Waals surface area contributed by atoms with Crippen molar-refractivity contribution in [1.29, 1.82) is 0 Å². The van der Waals surface area contributed by atoms with Crippen molar-refractivity contribution in [1.82, 2.24) is 0 Å². The van der Waals surface area contributed by atoms with Crippen LogP contribution in [-0.4, -0.2) is 39.8 Å². The monoisotopic (exact) mass is 344 g/mol. The van der Waals surface area contributed by atoms with Crippen LogP contribution >= 0.6 is 0 Å². The molecule has 0 N–H and O–H groups in total. The maximum atomic E-state index is 11.8. The molecule has 0 aliphatic heterocycles. The number of methoxy groups -OCH3 is 1. The van der Waals surface area contributed by atoms with E-state index in [1.807, 2.05) is 0 Å². The van der Waals surface area contributed by atoms with Gasteiger partial charge in [0, 0.05) is 6.42 Å². The molecule has 0 amide bonds. The minimum absolute atomic E-state index is 0.0223. The Morgan fingerprint density at radius 1 is 1.09 bits per heavy atom. The van der Waals surface area contributed by atoms with Crippen molar-refractivity contribution in [3.63, 3.8) is 0 Å². The van der Waals surface area contributed by atoms with Crippen LogP contribution in [0, 0.1) is 0 Å². The van der Waals surface area contributed by atoms with Gasteiger partial charge in [-0.2, -0.15) is 8.42 Å². The predicted octanol–water partition coefficient (Wildman–Crippen LogP) is 1.45. The van der Waals surface area contributed by atoms with E-state index < -0.39 is 16.1 Å². The standard InChI is InChI=1S/C15H20O7S/c1-3-21-14(16)5-4-10-23(18,19)22-13-8-6-12(7-9-13)11-15(17)20-2/h6-9H,3-5,10-11H2,1-2H3. The second-order valence-corrected chi connectivity index (χ2v) is 6.34. The van der Waals surface area contributed by atoms with Crippen LogP contribution in [0.2, 0.25) is 0 Å². The van der Waals surface area contributed by atoms with E-state index in [9.17, 15) is 18.0 Å². The first-order chi connectivity index (χ1) is 10.9. The molecule has 1 aromatic rings. The van der Waals surface area contributed by atoms with Crippen LogP contribution in [0.3, 0.4) is 0 Å². The lowest BCUT2D eigenvalue weighted by Crippen LogP contribution is -2.15. The second kappa shape index (κ2) is 9.14. The molecular weight excluding hydrogens is 324 g/mol. The number of benzene rings is 1. The van der Waals surface area contributed by atoms with Crippen LogP contribution in [0.25, 0.3) is 0 Å². The quantitative estimate of drug-likeness (QED) is 0.494. The van der Waals surface area contributed by atoms with E-state index in [4.69, 9.17) is 8.92 Å². The number of ether oxygens (including phenoxy) is 2. The first-order valence-corrected chi connectivity index (χ1v) is 8.67. The highest BCUT2D eigenvalue weighted by atomic mass is 32.2. The number of carbonyl (C=O) groups excluding carboxylic acids is 2. The Morgan fingerprint density at radius 2 is 1.74 bits per heavy atom. The van der Waals surface area contributed by atoms with Crippen molar-refractivity contribution in [2.75, 3.05) is 19.5 Å². The summed E-state index contributed by atoms with van der Waals surface area (Å²) in [6, 6.07) is 6.09. The summed E-state index contributed by atoms with van der Waals surface area (Å²) in [7, 11) is -2.49. The van der Waals surface area contributed by atoms with E-state index in [0.29, 0.717) is 5.56 Å². The van der Waals surface area contributed by atoms with Gasteiger partial charge in [0.25, 0.3) is 0 Å². The maximum Gasteiger partial charge on any atom is 0.309 e. The summed E-state index contributed by atoms with van der Waals surface area (Å²) >= 11 is 0. The zero-order chi connectivity index (χ0) is 17.3. The fourth-order valence-corrected chi connectivity index (χ4v) is 2.70. The topological polar surface area (TPSA) is 96.0 Å². The van der Waals surface area contributed by atoms with Crippen molar-refractivity contribution >= 4 is 22.1 Å². The van der Waals surface area contributed by atoms with Crippen molar-refractivity contribution in [2.24, 2.45) is 0 Å². The molecule has 1 rings (SSSR count). The smallest absolute Gasteiger partial charge is 0.309 e. The molecule has 0 heterocycles. The van der Waals surface area contributed by atoms with Crippen LogP contribution in [0.5, 0.6) is 5.75 Å². The lowest BCUT2D eigenvalue weighted by molar-refractivity contribution is -0.143. The molecule has 0 saturated carbocycles. The molecule has 7 nitrogen and oxygen atoms in total. The molecule has 0 bridgehead atoms. The van der Waals surface area contributed by atoms with Gasteiger partial charge in [-0.25, -0.2) is 0 Å². The second-order valence-electron chi connectivity index (χ2n) is 4.65. The lowest BCUT2D eigenvalue weighted by atomic mass is 10.1. The molecule has 128 valence electrons. The molecule has 23 heavy (non-hydrogen) atoms. The fraction of sp³-hybridized carbons (Fsp3) is 0.467. The molecule has 0 unspecified atom stereocenters. The van der Waals surface area contributed by atoms with Gasteiger partial charge in [0.15, 0.2) is 0 Å². The third-order valence-electron chi connectivity index (χ3n) is 2.80. The van der Waals surface area contributed by atoms with E-state index >= 15 is 0 Å². The Balaban J connectivity index is 2.50. The Labute approximate surface area is 135 Å². The summed E-state index contributed by atoms with van der Waals surface area (Å²) < 4.78 is 37.8. The molecule has 0 aromatic heterocycles. The van der Waals surface area contributed by atoms with Crippen molar-refractivity contribution in [3.05, 3.63) is 29.8 Å². The summed E-state index contributed by atoms with van der Waals surface area (Å²) in [4.78, 5) is 22.3. The van der Waals surface area contributed by atoms with Crippen molar-refractivity contribution in [2.45, 2.75) is 26.2 Å². The minimum atomic E-state index is -3.79. The first-order valence-electron chi connectivity index (χ1n) is 7.10. The average Bonchev–Trinajstić information content (AvgIpc) is 2.49. The van der Waals surface area contributed by atoms with Crippen molar-refractivity contribution < 1.29 is 31.7 Å². The Kier molecular flexibility index (Phi) is 7.53. The average molecular weight is 344 g/mol. The van der Waals surface area contributed by atoms with E-state index in [2.05, 4.69) is 4.74 Å². The highest BCUT2D eigenvalue weighted by molar-refractivity contribution is 7.87. The van der Waals surface area contributed by atoms with E-state index in [0.717, 1.165) is 0 Å². The molecule has 8 heteroatoms. The SMILES string of the molecule is CCOC(=O)CCCS(=O)(=O)Oc1ccc(CC(=O)OC)cc1. The van der Waals surface area contributed by atoms with Gasteiger partial charge in [-0.05, 0) is 31.0 Å². The number of esters is 2. The molecule has 0 radical (unpaired) electrons. The van der Waals surface area contributed by atoms with E-state index in [1.54, 1.807) is 19.1 Å². The van der Waals surface area contributed by atoms with Gasteiger partial charge in [0.2, 0.25) is 0 Å². The Hall–Kier alpha value is -2.09. The first kappa shape index (κ1) is 19.0. The summed E-state index contributed by atoms with van der Waals surface area (Å²) in [5.74, 6) is -0.953. The summed E-state index contributed by atoms with van der Waals surface area (Å²) in [6.07, 6.45) is 0.249. The minimum Gasteiger partial charge on any atom is -0.469 e. The number of rotatable bonds is 9. The van der Waals surface area contributed by atoms with Gasteiger partial charge in [-0.1, -0.05) is 12.1 Å². The molecular formula is C15H20O7S.